The molecule has 0 saturated carbocycles. The number of hydrogen-bond donors (Lipinski definition) is 2. The molecule has 1 atom stereocenters. The third kappa shape index (κ3) is 4.80. The summed E-state index contributed by atoms with van der Waals surface area (Å²) in [6.45, 7) is 1.69. The molecule has 1 fully saturated rings. The Balaban J connectivity index is 1.72. The largest absolute Gasteiger partial charge is 0.378 e. The van der Waals surface area contributed by atoms with Crippen LogP contribution >= 0.6 is 35.4 Å². The van der Waals surface area contributed by atoms with E-state index in [1.807, 2.05) is 6.07 Å². The average molecular weight is 319 g/mol. The molecule has 0 bridgehead atoms. The van der Waals surface area contributed by atoms with Gasteiger partial charge in [0.05, 0.1) is 16.1 Å². The molecule has 2 rings (SSSR count). The van der Waals surface area contributed by atoms with Crippen LogP contribution in [0.25, 0.3) is 0 Å². The molecule has 0 aromatic heterocycles. The summed E-state index contributed by atoms with van der Waals surface area (Å²) in [5.41, 5.74) is 0.823. The van der Waals surface area contributed by atoms with Crippen molar-refractivity contribution in [2.45, 2.75) is 25.4 Å². The van der Waals surface area contributed by atoms with Crippen molar-refractivity contribution in [2.75, 3.05) is 18.5 Å². The maximum atomic E-state index is 5.94. The van der Waals surface area contributed by atoms with E-state index in [1.54, 1.807) is 12.1 Å². The maximum absolute atomic E-state index is 5.94. The third-order valence-corrected chi connectivity index (χ3v) is 3.94. The van der Waals surface area contributed by atoms with Crippen molar-refractivity contribution >= 4 is 46.2 Å². The van der Waals surface area contributed by atoms with E-state index >= 15 is 0 Å². The van der Waals surface area contributed by atoms with E-state index in [0.717, 1.165) is 38.1 Å². The quantitative estimate of drug-likeness (QED) is 0.826. The lowest BCUT2D eigenvalue weighted by Crippen LogP contribution is -2.30. The van der Waals surface area contributed by atoms with Gasteiger partial charge in [-0.2, -0.15) is 0 Å². The van der Waals surface area contributed by atoms with E-state index in [-0.39, 0.29) is 0 Å². The van der Waals surface area contributed by atoms with Crippen LogP contribution in [0.15, 0.2) is 18.2 Å². The number of benzene rings is 1. The van der Waals surface area contributed by atoms with E-state index in [4.69, 9.17) is 40.2 Å². The molecule has 1 unspecified atom stereocenters. The van der Waals surface area contributed by atoms with Crippen molar-refractivity contribution < 1.29 is 4.74 Å². The third-order valence-electron chi connectivity index (χ3n) is 2.95. The van der Waals surface area contributed by atoms with Gasteiger partial charge in [-0.05, 0) is 49.7 Å². The number of ether oxygens (including phenoxy) is 1. The first-order valence-corrected chi connectivity index (χ1v) is 7.43. The first-order valence-electron chi connectivity index (χ1n) is 6.26. The minimum absolute atomic E-state index is 0.375. The van der Waals surface area contributed by atoms with Gasteiger partial charge in [-0.3, -0.25) is 0 Å². The van der Waals surface area contributed by atoms with Gasteiger partial charge in [0.15, 0.2) is 5.11 Å². The molecular weight excluding hydrogens is 303 g/mol. The number of thiocarbonyl (C=S) groups is 1. The highest BCUT2D eigenvalue weighted by molar-refractivity contribution is 7.80. The lowest BCUT2D eigenvalue weighted by Gasteiger charge is -2.13. The summed E-state index contributed by atoms with van der Waals surface area (Å²) >= 11 is 17.0. The minimum Gasteiger partial charge on any atom is -0.378 e. The Hall–Kier alpha value is -0.550. The SMILES string of the molecule is S=C(NCCC1CCCO1)Nc1ccc(Cl)c(Cl)c1. The molecule has 6 heteroatoms. The van der Waals surface area contributed by atoms with E-state index < -0.39 is 0 Å². The lowest BCUT2D eigenvalue weighted by atomic mass is 10.2. The first-order chi connectivity index (χ1) is 9.15. The Morgan fingerprint density at radius 2 is 2.21 bits per heavy atom. The van der Waals surface area contributed by atoms with Gasteiger partial charge in [-0.1, -0.05) is 23.2 Å². The van der Waals surface area contributed by atoms with Crippen molar-refractivity contribution in [1.29, 1.82) is 0 Å². The summed E-state index contributed by atoms with van der Waals surface area (Å²) in [6.07, 6.45) is 3.66. The van der Waals surface area contributed by atoms with Crippen molar-refractivity contribution in [3.05, 3.63) is 28.2 Å². The van der Waals surface area contributed by atoms with Crippen molar-refractivity contribution in [3.8, 4) is 0 Å². The monoisotopic (exact) mass is 318 g/mol. The lowest BCUT2D eigenvalue weighted by molar-refractivity contribution is 0.105. The van der Waals surface area contributed by atoms with E-state index in [0.29, 0.717) is 21.3 Å². The summed E-state index contributed by atoms with van der Waals surface area (Å²) in [7, 11) is 0. The van der Waals surface area contributed by atoms with Gasteiger partial charge in [0.25, 0.3) is 0 Å². The Morgan fingerprint density at radius 1 is 1.37 bits per heavy atom. The zero-order valence-electron chi connectivity index (χ0n) is 10.4. The maximum Gasteiger partial charge on any atom is 0.170 e. The number of nitrogens with one attached hydrogen (secondary N) is 2. The molecule has 0 radical (unpaired) electrons. The molecule has 1 aliphatic rings. The Bertz CT molecular complexity index is 450. The molecule has 1 saturated heterocycles. The molecule has 0 aliphatic carbocycles. The Labute approximate surface area is 128 Å². The zero-order valence-corrected chi connectivity index (χ0v) is 12.7. The molecule has 1 aromatic carbocycles. The summed E-state index contributed by atoms with van der Waals surface area (Å²) in [5, 5.41) is 7.85. The van der Waals surface area contributed by atoms with Crippen molar-refractivity contribution in [2.24, 2.45) is 0 Å². The van der Waals surface area contributed by atoms with Crippen molar-refractivity contribution in [1.82, 2.24) is 5.32 Å². The summed E-state index contributed by atoms with van der Waals surface area (Å²) in [4.78, 5) is 0. The van der Waals surface area contributed by atoms with Gasteiger partial charge < -0.3 is 15.4 Å². The van der Waals surface area contributed by atoms with E-state index in [9.17, 15) is 0 Å². The second-order valence-corrected chi connectivity index (χ2v) is 5.66. The van der Waals surface area contributed by atoms with Crippen LogP contribution in [0.4, 0.5) is 5.69 Å². The molecular formula is C13H16Cl2N2OS. The summed E-state index contributed by atoms with van der Waals surface area (Å²) < 4.78 is 5.55. The molecule has 2 N–H and O–H groups in total. The molecule has 19 heavy (non-hydrogen) atoms. The second-order valence-electron chi connectivity index (χ2n) is 4.43. The van der Waals surface area contributed by atoms with Gasteiger partial charge in [0.2, 0.25) is 0 Å². The molecule has 104 valence electrons. The highest BCUT2D eigenvalue weighted by Gasteiger charge is 2.14. The van der Waals surface area contributed by atoms with Gasteiger partial charge >= 0.3 is 0 Å². The van der Waals surface area contributed by atoms with Crippen molar-refractivity contribution in [3.63, 3.8) is 0 Å². The molecule has 0 spiro atoms. The van der Waals surface area contributed by atoms with Crippen LogP contribution in [0, 0.1) is 0 Å². The molecule has 1 heterocycles. The van der Waals surface area contributed by atoms with Gasteiger partial charge in [0.1, 0.15) is 0 Å². The normalized spacial score (nSPS) is 18.3. The van der Waals surface area contributed by atoms with Crippen LogP contribution < -0.4 is 10.6 Å². The fraction of sp³-hybridized carbons (Fsp3) is 0.462. The van der Waals surface area contributed by atoms with Gasteiger partial charge in [-0.15, -0.1) is 0 Å². The van der Waals surface area contributed by atoms with Crippen LogP contribution in [0.3, 0.4) is 0 Å². The van der Waals surface area contributed by atoms with Crippen LogP contribution in [0.5, 0.6) is 0 Å². The Morgan fingerprint density at radius 3 is 2.89 bits per heavy atom. The van der Waals surface area contributed by atoms with Gasteiger partial charge in [0, 0.05) is 18.8 Å². The average Bonchev–Trinajstić information content (AvgIpc) is 2.87. The highest BCUT2D eigenvalue weighted by atomic mass is 35.5. The van der Waals surface area contributed by atoms with E-state index in [1.165, 1.54) is 0 Å². The van der Waals surface area contributed by atoms with Crippen LogP contribution in [-0.2, 0) is 4.74 Å². The fourth-order valence-electron chi connectivity index (χ4n) is 1.97. The standard InChI is InChI=1S/C13H16Cl2N2OS/c14-11-4-3-9(8-12(11)15)17-13(19)16-6-5-10-2-1-7-18-10/h3-4,8,10H,1-2,5-7H2,(H2,16,17,19). The molecule has 0 amide bonds. The summed E-state index contributed by atoms with van der Waals surface area (Å²) in [6, 6.07) is 5.32. The smallest absolute Gasteiger partial charge is 0.170 e. The minimum atomic E-state index is 0.375. The second kappa shape index (κ2) is 7.29. The van der Waals surface area contributed by atoms with E-state index in [2.05, 4.69) is 10.6 Å². The number of anilines is 1. The fourth-order valence-corrected chi connectivity index (χ4v) is 2.49. The molecule has 3 nitrogen and oxygen atoms in total. The number of hydrogen-bond acceptors (Lipinski definition) is 2. The Kier molecular flexibility index (Phi) is 5.70. The molecule has 1 aromatic rings. The summed E-state index contributed by atoms with van der Waals surface area (Å²) in [5.74, 6) is 0. The van der Waals surface area contributed by atoms with Crippen LogP contribution in [0.1, 0.15) is 19.3 Å². The van der Waals surface area contributed by atoms with Gasteiger partial charge in [-0.25, -0.2) is 0 Å². The molecule has 1 aliphatic heterocycles. The predicted octanol–water partition coefficient (Wildman–Crippen LogP) is 3.85. The zero-order chi connectivity index (χ0) is 13.7. The van der Waals surface area contributed by atoms with Crippen LogP contribution in [0.2, 0.25) is 10.0 Å². The highest BCUT2D eigenvalue weighted by Crippen LogP contribution is 2.24. The number of halogens is 2. The predicted molar refractivity (Wildman–Crippen MR) is 84.3 cm³/mol. The number of rotatable bonds is 4. The topological polar surface area (TPSA) is 33.3 Å². The first kappa shape index (κ1) is 14.9. The van der Waals surface area contributed by atoms with Crippen LogP contribution in [-0.4, -0.2) is 24.4 Å².